The molecule has 3 atom stereocenters. The van der Waals surface area contributed by atoms with E-state index in [9.17, 15) is 5.11 Å². The Hall–Kier alpha value is -2.26. The summed E-state index contributed by atoms with van der Waals surface area (Å²) in [5.41, 5.74) is 2.20. The van der Waals surface area contributed by atoms with E-state index >= 15 is 0 Å². The van der Waals surface area contributed by atoms with Gasteiger partial charge >= 0.3 is 0 Å². The minimum absolute atomic E-state index is 0.113. The quantitative estimate of drug-likeness (QED) is 0.913. The van der Waals surface area contributed by atoms with Crippen LogP contribution in [0.25, 0.3) is 5.76 Å². The SMILES string of the molecule is COc1ccc(C2=C[C@H](c3ccccc3)[C@H]3CCC[C@@]3(O)O2)cc1. The molecule has 0 saturated heterocycles. The van der Waals surface area contributed by atoms with Gasteiger partial charge in [0.25, 0.3) is 0 Å². The maximum absolute atomic E-state index is 11.1. The van der Waals surface area contributed by atoms with Crippen LogP contribution in [0.3, 0.4) is 0 Å². The Morgan fingerprint density at radius 2 is 1.83 bits per heavy atom. The molecule has 0 unspecified atom stereocenters. The molecule has 24 heavy (non-hydrogen) atoms. The molecule has 0 aromatic heterocycles. The summed E-state index contributed by atoms with van der Waals surface area (Å²) in [5, 5.41) is 11.1. The fourth-order valence-electron chi connectivity index (χ4n) is 3.99. The molecule has 1 heterocycles. The van der Waals surface area contributed by atoms with Gasteiger partial charge in [-0.3, -0.25) is 0 Å². The normalized spacial score (nSPS) is 28.7. The van der Waals surface area contributed by atoms with Gasteiger partial charge in [0, 0.05) is 23.8 Å². The maximum atomic E-state index is 11.1. The summed E-state index contributed by atoms with van der Waals surface area (Å²) in [5.74, 6) is 0.788. The lowest BCUT2D eigenvalue weighted by molar-refractivity contribution is -0.190. The third kappa shape index (κ3) is 2.59. The molecule has 3 heteroatoms. The molecule has 0 radical (unpaired) electrons. The number of ether oxygens (including phenoxy) is 2. The van der Waals surface area contributed by atoms with Gasteiger partial charge in [-0.1, -0.05) is 30.3 Å². The van der Waals surface area contributed by atoms with Crippen molar-refractivity contribution < 1.29 is 14.6 Å². The molecule has 1 aliphatic heterocycles. The molecule has 1 fully saturated rings. The number of allylic oxidation sites excluding steroid dienone is 1. The largest absolute Gasteiger partial charge is 0.497 e. The van der Waals surface area contributed by atoms with Gasteiger partial charge in [-0.05, 0) is 48.7 Å². The second kappa shape index (κ2) is 5.99. The highest BCUT2D eigenvalue weighted by molar-refractivity contribution is 5.63. The van der Waals surface area contributed by atoms with E-state index in [-0.39, 0.29) is 11.8 Å². The fourth-order valence-corrected chi connectivity index (χ4v) is 3.99. The lowest BCUT2D eigenvalue weighted by Crippen LogP contribution is -2.41. The smallest absolute Gasteiger partial charge is 0.211 e. The molecule has 0 bridgehead atoms. The van der Waals surface area contributed by atoms with E-state index in [1.165, 1.54) is 5.56 Å². The third-order valence-electron chi connectivity index (χ3n) is 5.24. The lowest BCUT2D eigenvalue weighted by Gasteiger charge is -2.40. The second-order valence-electron chi connectivity index (χ2n) is 6.64. The molecular formula is C21H22O3. The van der Waals surface area contributed by atoms with Crippen molar-refractivity contribution in [3.8, 4) is 5.75 Å². The average molecular weight is 322 g/mol. The van der Waals surface area contributed by atoms with E-state index in [1.54, 1.807) is 7.11 Å². The van der Waals surface area contributed by atoms with Gasteiger partial charge < -0.3 is 14.6 Å². The number of fused-ring (bicyclic) bond motifs is 1. The molecule has 0 spiro atoms. The Bertz CT molecular complexity index is 735. The Kier molecular flexibility index (Phi) is 3.81. The van der Waals surface area contributed by atoms with Crippen molar-refractivity contribution >= 4 is 5.76 Å². The maximum Gasteiger partial charge on any atom is 0.211 e. The van der Waals surface area contributed by atoms with Crippen molar-refractivity contribution in [1.82, 2.24) is 0 Å². The van der Waals surface area contributed by atoms with Crippen molar-refractivity contribution in [1.29, 1.82) is 0 Å². The van der Waals surface area contributed by atoms with Crippen LogP contribution in [-0.2, 0) is 4.74 Å². The van der Waals surface area contributed by atoms with Crippen LogP contribution in [0.2, 0.25) is 0 Å². The number of hydrogen-bond donors (Lipinski definition) is 1. The van der Waals surface area contributed by atoms with Crippen molar-refractivity contribution in [3.63, 3.8) is 0 Å². The zero-order valence-corrected chi connectivity index (χ0v) is 13.8. The van der Waals surface area contributed by atoms with Gasteiger partial charge in [0.2, 0.25) is 5.79 Å². The number of aliphatic hydroxyl groups is 1. The minimum Gasteiger partial charge on any atom is -0.497 e. The topological polar surface area (TPSA) is 38.7 Å². The van der Waals surface area contributed by atoms with Gasteiger partial charge in [0.05, 0.1) is 7.11 Å². The van der Waals surface area contributed by atoms with Crippen LogP contribution in [0, 0.1) is 5.92 Å². The van der Waals surface area contributed by atoms with Gasteiger partial charge in [0.15, 0.2) is 0 Å². The minimum atomic E-state index is -1.06. The molecule has 3 nitrogen and oxygen atoms in total. The van der Waals surface area contributed by atoms with Crippen LogP contribution >= 0.6 is 0 Å². The van der Waals surface area contributed by atoms with Crippen molar-refractivity contribution in [2.24, 2.45) is 5.92 Å². The Balaban J connectivity index is 1.75. The molecule has 4 rings (SSSR count). The summed E-state index contributed by atoms with van der Waals surface area (Å²) in [6, 6.07) is 18.2. The Morgan fingerprint density at radius 1 is 1.08 bits per heavy atom. The first-order valence-electron chi connectivity index (χ1n) is 8.52. The molecular weight excluding hydrogens is 300 g/mol. The van der Waals surface area contributed by atoms with E-state index in [1.807, 2.05) is 30.3 Å². The highest BCUT2D eigenvalue weighted by Gasteiger charge is 2.50. The standard InChI is InChI=1S/C21H22O3/c1-23-17-11-9-16(10-12-17)20-14-18(15-6-3-2-4-7-15)19-8-5-13-21(19,22)24-20/h2-4,6-7,9-12,14,18-19,22H,5,8,13H2,1H3/t18-,19-,21-/m1/s1. The lowest BCUT2D eigenvalue weighted by atomic mass is 9.79. The second-order valence-corrected chi connectivity index (χ2v) is 6.64. The summed E-state index contributed by atoms with van der Waals surface area (Å²) in [6.45, 7) is 0. The monoisotopic (exact) mass is 322 g/mol. The summed E-state index contributed by atoms with van der Waals surface area (Å²) in [6.07, 6.45) is 4.84. The Morgan fingerprint density at radius 3 is 2.54 bits per heavy atom. The first-order valence-corrected chi connectivity index (χ1v) is 8.52. The molecule has 124 valence electrons. The molecule has 1 saturated carbocycles. The van der Waals surface area contributed by atoms with E-state index in [0.29, 0.717) is 6.42 Å². The summed E-state index contributed by atoms with van der Waals surface area (Å²) >= 11 is 0. The van der Waals surface area contributed by atoms with Crippen LogP contribution in [0.1, 0.15) is 36.3 Å². The fraction of sp³-hybridized carbons (Fsp3) is 0.333. The third-order valence-corrected chi connectivity index (χ3v) is 5.24. The number of benzene rings is 2. The highest BCUT2D eigenvalue weighted by atomic mass is 16.6. The van der Waals surface area contributed by atoms with Crippen LogP contribution in [0.5, 0.6) is 5.75 Å². The van der Waals surface area contributed by atoms with E-state index in [4.69, 9.17) is 9.47 Å². The van der Waals surface area contributed by atoms with Crippen LogP contribution in [0.15, 0.2) is 60.7 Å². The molecule has 1 aliphatic carbocycles. The van der Waals surface area contributed by atoms with Crippen molar-refractivity contribution in [3.05, 3.63) is 71.8 Å². The Labute approximate surface area is 142 Å². The van der Waals surface area contributed by atoms with Crippen LogP contribution < -0.4 is 4.74 Å². The average Bonchev–Trinajstić information content (AvgIpc) is 3.03. The predicted molar refractivity (Wildman–Crippen MR) is 93.5 cm³/mol. The number of hydrogen-bond acceptors (Lipinski definition) is 3. The number of methoxy groups -OCH3 is 1. The highest BCUT2D eigenvalue weighted by Crippen LogP contribution is 2.51. The van der Waals surface area contributed by atoms with Gasteiger partial charge in [-0.15, -0.1) is 0 Å². The molecule has 1 N–H and O–H groups in total. The van der Waals surface area contributed by atoms with Crippen molar-refractivity contribution in [2.75, 3.05) is 7.11 Å². The summed E-state index contributed by atoms with van der Waals surface area (Å²) in [4.78, 5) is 0. The molecule has 2 aromatic carbocycles. The zero-order chi connectivity index (χ0) is 16.6. The summed E-state index contributed by atoms with van der Waals surface area (Å²) in [7, 11) is 1.66. The van der Waals surface area contributed by atoms with Gasteiger partial charge in [-0.25, -0.2) is 0 Å². The van der Waals surface area contributed by atoms with Crippen LogP contribution in [-0.4, -0.2) is 18.0 Å². The van der Waals surface area contributed by atoms with Crippen molar-refractivity contribution in [2.45, 2.75) is 31.0 Å². The number of rotatable bonds is 3. The molecule has 2 aliphatic rings. The first-order chi connectivity index (χ1) is 11.7. The predicted octanol–water partition coefficient (Wildman–Crippen LogP) is 4.34. The first kappa shape index (κ1) is 15.3. The van der Waals surface area contributed by atoms with Crippen LogP contribution in [0.4, 0.5) is 0 Å². The van der Waals surface area contributed by atoms with E-state index in [2.05, 4.69) is 30.3 Å². The van der Waals surface area contributed by atoms with Gasteiger partial charge in [0.1, 0.15) is 11.5 Å². The van der Waals surface area contributed by atoms with E-state index in [0.717, 1.165) is 29.9 Å². The summed E-state index contributed by atoms with van der Waals surface area (Å²) < 4.78 is 11.3. The molecule has 0 amide bonds. The van der Waals surface area contributed by atoms with E-state index < -0.39 is 5.79 Å². The molecule has 2 aromatic rings. The zero-order valence-electron chi connectivity index (χ0n) is 13.8. The van der Waals surface area contributed by atoms with Gasteiger partial charge in [-0.2, -0.15) is 0 Å².